The van der Waals surface area contributed by atoms with Crippen molar-refractivity contribution in [3.63, 3.8) is 0 Å². The van der Waals surface area contributed by atoms with Crippen LogP contribution >= 0.6 is 0 Å². The van der Waals surface area contributed by atoms with Crippen molar-refractivity contribution in [3.8, 4) is 0 Å². The summed E-state index contributed by atoms with van der Waals surface area (Å²) < 4.78 is 0. The molecule has 0 aliphatic heterocycles. The van der Waals surface area contributed by atoms with Crippen molar-refractivity contribution in [2.45, 2.75) is 125 Å². The van der Waals surface area contributed by atoms with Crippen molar-refractivity contribution in [3.05, 3.63) is 82.9 Å². The third-order valence-corrected chi connectivity index (χ3v) is 17.0. The topological polar surface area (TPSA) is 116 Å². The highest BCUT2D eigenvalue weighted by Crippen LogP contribution is 2.77. The maximum absolute atomic E-state index is 14.7. The van der Waals surface area contributed by atoms with Gasteiger partial charge in [0.05, 0.1) is 17.1 Å². The summed E-state index contributed by atoms with van der Waals surface area (Å²) in [7, 11) is 0. The van der Waals surface area contributed by atoms with Crippen LogP contribution in [0, 0.1) is 56.7 Å². The SMILES string of the molecule is C=C(C)[C@@H]1CC[C@]2(C(=O)NCc3cccc(C(=O)NCCc4cccc(C(=O)O)c4)c3)CC[C@]3(C)C(CCC4[C@@]5(C)CC[C@H](O)C(C)(C)C5CC[C@]43C)C12. The molecule has 0 radical (unpaired) electrons. The molecule has 5 aliphatic carbocycles. The second-order valence-corrected chi connectivity index (χ2v) is 19.6. The minimum Gasteiger partial charge on any atom is -0.478 e. The lowest BCUT2D eigenvalue weighted by atomic mass is 9.32. The molecule has 7 heteroatoms. The van der Waals surface area contributed by atoms with Crippen molar-refractivity contribution >= 4 is 17.8 Å². The molecule has 54 heavy (non-hydrogen) atoms. The summed E-state index contributed by atoms with van der Waals surface area (Å²) in [5.74, 6) is 1.24. The van der Waals surface area contributed by atoms with Crippen LogP contribution in [0.5, 0.6) is 0 Å². The first-order valence-electron chi connectivity index (χ1n) is 20.8. The largest absolute Gasteiger partial charge is 0.478 e. The molecule has 0 heterocycles. The van der Waals surface area contributed by atoms with E-state index in [1.807, 2.05) is 24.3 Å². The monoisotopic (exact) mass is 736 g/mol. The third-order valence-electron chi connectivity index (χ3n) is 17.0. The standard InChI is InChI=1S/C47H64N2O5/c1-29(2)34-16-22-47(42(54)49-28-31-11-9-12-32(27-31)40(51)48-25-19-30-10-8-13-33(26-30)41(52)53)24-23-45(6)35(39(34)47)14-15-37-44(5)20-18-38(50)43(3,4)36(44)17-21-46(37,45)7/h8-13,26-27,34-39,50H,1,14-25,28H2,2-7H3,(H,48,51)(H,49,54)(H,52,53)/t34-,35?,36?,37?,38-,39?,44-,45+,46+,47-/m0/s1. The van der Waals surface area contributed by atoms with Crippen LogP contribution in [0.4, 0.5) is 0 Å². The highest BCUT2D eigenvalue weighted by Gasteiger charge is 2.71. The number of nitrogens with one attached hydrogen (secondary N) is 2. The Kier molecular flexibility index (Phi) is 10.0. The zero-order valence-corrected chi connectivity index (χ0v) is 33.6. The van der Waals surface area contributed by atoms with E-state index in [0.29, 0.717) is 48.7 Å². The molecule has 5 saturated carbocycles. The number of allylic oxidation sites excluding steroid dienone is 1. The Balaban J connectivity index is 1.06. The summed E-state index contributed by atoms with van der Waals surface area (Å²) in [4.78, 5) is 39.2. The highest BCUT2D eigenvalue weighted by molar-refractivity contribution is 5.94. The zero-order valence-electron chi connectivity index (χ0n) is 33.6. The summed E-state index contributed by atoms with van der Waals surface area (Å²) >= 11 is 0. The number of rotatable bonds is 9. The van der Waals surface area contributed by atoms with Crippen LogP contribution in [0.25, 0.3) is 0 Å². The fourth-order valence-electron chi connectivity index (χ4n) is 14.0. The van der Waals surface area contributed by atoms with E-state index in [-0.39, 0.29) is 51.1 Å². The van der Waals surface area contributed by atoms with Gasteiger partial charge in [-0.15, -0.1) is 0 Å². The van der Waals surface area contributed by atoms with Gasteiger partial charge in [0.1, 0.15) is 0 Å². The number of hydrogen-bond donors (Lipinski definition) is 4. The molecule has 4 N–H and O–H groups in total. The normalized spacial score (nSPS) is 37.8. The van der Waals surface area contributed by atoms with Crippen molar-refractivity contribution in [1.82, 2.24) is 10.6 Å². The molecular formula is C47H64N2O5. The second-order valence-electron chi connectivity index (χ2n) is 19.6. The lowest BCUT2D eigenvalue weighted by Crippen LogP contribution is -2.67. The average molecular weight is 737 g/mol. The van der Waals surface area contributed by atoms with Gasteiger partial charge in [0.25, 0.3) is 5.91 Å². The molecule has 5 fully saturated rings. The number of carbonyl (C=O) groups excluding carboxylic acids is 2. The van der Waals surface area contributed by atoms with Gasteiger partial charge >= 0.3 is 5.97 Å². The van der Waals surface area contributed by atoms with Gasteiger partial charge in [-0.1, -0.05) is 71.0 Å². The van der Waals surface area contributed by atoms with E-state index in [2.05, 4.69) is 58.8 Å². The summed E-state index contributed by atoms with van der Waals surface area (Å²) in [5.41, 5.74) is 3.81. The average Bonchev–Trinajstić information content (AvgIpc) is 3.54. The summed E-state index contributed by atoms with van der Waals surface area (Å²) in [6.45, 7) is 19.9. The molecule has 0 spiro atoms. The first-order chi connectivity index (χ1) is 25.5. The van der Waals surface area contributed by atoms with E-state index >= 15 is 0 Å². The van der Waals surface area contributed by atoms with E-state index in [1.165, 1.54) is 24.8 Å². The number of aliphatic hydroxyl groups excluding tert-OH is 1. The van der Waals surface area contributed by atoms with Crippen molar-refractivity contribution < 1.29 is 24.6 Å². The zero-order chi connectivity index (χ0) is 38.8. The first kappa shape index (κ1) is 38.8. The molecule has 0 bridgehead atoms. The van der Waals surface area contributed by atoms with Crippen LogP contribution in [0.2, 0.25) is 0 Å². The molecule has 2 aromatic carbocycles. The highest BCUT2D eigenvalue weighted by atomic mass is 16.4. The fourth-order valence-corrected chi connectivity index (χ4v) is 14.0. The minimum atomic E-state index is -0.968. The maximum atomic E-state index is 14.7. The summed E-state index contributed by atoms with van der Waals surface area (Å²) in [5, 5.41) is 26.8. The first-order valence-corrected chi connectivity index (χ1v) is 20.8. The van der Waals surface area contributed by atoms with Gasteiger partial charge in [-0.3, -0.25) is 9.59 Å². The Morgan fingerprint density at radius 2 is 1.48 bits per heavy atom. The predicted molar refractivity (Wildman–Crippen MR) is 213 cm³/mol. The van der Waals surface area contributed by atoms with E-state index in [9.17, 15) is 24.6 Å². The molecule has 2 aromatic rings. The predicted octanol–water partition coefficient (Wildman–Crippen LogP) is 8.99. The van der Waals surface area contributed by atoms with E-state index in [4.69, 9.17) is 0 Å². The molecular weight excluding hydrogens is 673 g/mol. The molecule has 0 aromatic heterocycles. The van der Waals surface area contributed by atoms with Gasteiger partial charge in [-0.05, 0) is 164 Å². The fraction of sp³-hybridized carbons (Fsp3) is 0.638. The quantitative estimate of drug-likeness (QED) is 0.192. The van der Waals surface area contributed by atoms with Crippen molar-refractivity contribution in [2.24, 2.45) is 56.7 Å². The van der Waals surface area contributed by atoms with Crippen LogP contribution in [0.1, 0.15) is 138 Å². The van der Waals surface area contributed by atoms with Crippen molar-refractivity contribution in [2.75, 3.05) is 6.54 Å². The second kappa shape index (κ2) is 13.9. The molecule has 7 nitrogen and oxygen atoms in total. The molecule has 5 aliphatic rings. The lowest BCUT2D eigenvalue weighted by Gasteiger charge is -2.72. The number of carbonyl (C=O) groups is 3. The van der Waals surface area contributed by atoms with Gasteiger partial charge in [0.15, 0.2) is 0 Å². The number of fused-ring (bicyclic) bond motifs is 7. The smallest absolute Gasteiger partial charge is 0.335 e. The van der Waals surface area contributed by atoms with Crippen LogP contribution < -0.4 is 10.6 Å². The van der Waals surface area contributed by atoms with Gasteiger partial charge in [-0.25, -0.2) is 4.79 Å². The molecule has 292 valence electrons. The van der Waals surface area contributed by atoms with Crippen LogP contribution in [0.3, 0.4) is 0 Å². The van der Waals surface area contributed by atoms with E-state index < -0.39 is 11.4 Å². The summed E-state index contributed by atoms with van der Waals surface area (Å²) in [6, 6.07) is 14.3. The molecule has 4 unspecified atom stereocenters. The van der Waals surface area contributed by atoms with Crippen molar-refractivity contribution in [1.29, 1.82) is 0 Å². The number of benzene rings is 2. The van der Waals surface area contributed by atoms with Crippen LogP contribution in [-0.2, 0) is 17.8 Å². The minimum absolute atomic E-state index is 0.0659. The van der Waals surface area contributed by atoms with Gasteiger partial charge < -0.3 is 20.8 Å². The number of hydrogen-bond acceptors (Lipinski definition) is 4. The molecule has 7 rings (SSSR count). The number of carboxylic acid groups (broad SMARTS) is 1. The van der Waals surface area contributed by atoms with Crippen LogP contribution in [-0.4, -0.2) is 40.6 Å². The van der Waals surface area contributed by atoms with Gasteiger partial charge in [0.2, 0.25) is 5.91 Å². The summed E-state index contributed by atoms with van der Waals surface area (Å²) in [6.07, 6.45) is 10.9. The molecule has 0 saturated heterocycles. The Morgan fingerprint density at radius 1 is 0.778 bits per heavy atom. The number of aliphatic hydroxyl groups is 1. The Bertz CT molecular complexity index is 1820. The Labute approximate surface area is 323 Å². The van der Waals surface area contributed by atoms with Gasteiger partial charge in [0, 0.05) is 18.7 Å². The van der Waals surface area contributed by atoms with Gasteiger partial charge in [-0.2, -0.15) is 0 Å². The third kappa shape index (κ3) is 6.06. The maximum Gasteiger partial charge on any atom is 0.335 e. The lowest BCUT2D eigenvalue weighted by molar-refractivity contribution is -0.246. The number of carboxylic acids is 1. The Hall–Kier alpha value is -3.45. The molecule has 10 atom stereocenters. The van der Waals surface area contributed by atoms with Crippen LogP contribution in [0.15, 0.2) is 60.7 Å². The number of amides is 2. The van der Waals surface area contributed by atoms with E-state index in [0.717, 1.165) is 56.1 Å². The Morgan fingerprint density at radius 3 is 2.20 bits per heavy atom. The molecule has 2 amide bonds. The van der Waals surface area contributed by atoms with E-state index in [1.54, 1.807) is 24.3 Å². The number of aromatic carboxylic acids is 1.